The Balaban J connectivity index is 2.24. The van der Waals surface area contributed by atoms with E-state index in [2.05, 4.69) is 23.4 Å². The summed E-state index contributed by atoms with van der Waals surface area (Å²) in [5.41, 5.74) is 0.909. The van der Waals surface area contributed by atoms with Crippen LogP contribution in [0.5, 0.6) is 0 Å². The number of hydrogen-bond donors (Lipinski definition) is 0. The van der Waals surface area contributed by atoms with Gasteiger partial charge in [0.1, 0.15) is 12.0 Å². The molecule has 0 fully saturated rings. The van der Waals surface area contributed by atoms with Crippen molar-refractivity contribution in [3.63, 3.8) is 0 Å². The number of nitrogens with zero attached hydrogens (tertiary/aromatic N) is 1. The molecule has 0 radical (unpaired) electrons. The van der Waals surface area contributed by atoms with E-state index in [1.807, 2.05) is 18.2 Å². The average Bonchev–Trinajstić information content (AvgIpc) is 2.86. The van der Waals surface area contributed by atoms with Gasteiger partial charge in [-0.25, -0.2) is 0 Å². The zero-order chi connectivity index (χ0) is 9.38. The van der Waals surface area contributed by atoms with Gasteiger partial charge >= 0.3 is 0 Å². The van der Waals surface area contributed by atoms with Crippen molar-refractivity contribution in [2.45, 2.75) is 0 Å². The van der Waals surface area contributed by atoms with Crippen LogP contribution < -0.4 is 0 Å². The third-order valence-electron chi connectivity index (χ3n) is 2.12. The lowest BCUT2D eigenvalue weighted by Gasteiger charge is -1.82. The summed E-state index contributed by atoms with van der Waals surface area (Å²) >= 11 is 1.73. The summed E-state index contributed by atoms with van der Waals surface area (Å²) in [4.78, 5) is 1.15. The fourth-order valence-corrected chi connectivity index (χ4v) is 2.47. The summed E-state index contributed by atoms with van der Waals surface area (Å²) in [5, 5.41) is 5.18. The second kappa shape index (κ2) is 2.96. The van der Waals surface area contributed by atoms with Crippen LogP contribution in [-0.2, 0) is 0 Å². The van der Waals surface area contributed by atoms with E-state index in [1.165, 1.54) is 10.1 Å². The van der Waals surface area contributed by atoms with Crippen LogP contribution in [-0.4, -0.2) is 5.16 Å². The second-order valence-electron chi connectivity index (χ2n) is 3.03. The molecule has 0 saturated heterocycles. The maximum Gasteiger partial charge on any atom is 0.124 e. The maximum atomic E-state index is 4.82. The second-order valence-corrected chi connectivity index (χ2v) is 4.12. The van der Waals surface area contributed by atoms with E-state index in [9.17, 15) is 0 Å². The molecule has 2 nitrogen and oxygen atoms in total. The van der Waals surface area contributed by atoms with E-state index < -0.39 is 0 Å². The Kier molecular flexibility index (Phi) is 1.64. The van der Waals surface area contributed by atoms with Gasteiger partial charge in [0.25, 0.3) is 0 Å². The first-order chi connectivity index (χ1) is 6.93. The lowest BCUT2D eigenvalue weighted by Crippen LogP contribution is -1.66. The number of thiophene rings is 1. The first kappa shape index (κ1) is 7.76. The molecule has 0 N–H and O–H groups in total. The van der Waals surface area contributed by atoms with E-state index >= 15 is 0 Å². The molecule has 3 rings (SSSR count). The predicted octanol–water partition coefficient (Wildman–Crippen LogP) is 3.56. The van der Waals surface area contributed by atoms with Crippen molar-refractivity contribution in [1.82, 2.24) is 5.16 Å². The molecule has 0 atom stereocenters. The molecule has 0 saturated carbocycles. The van der Waals surface area contributed by atoms with E-state index in [-0.39, 0.29) is 0 Å². The Hall–Kier alpha value is -1.61. The Morgan fingerprint density at radius 1 is 1.14 bits per heavy atom. The molecule has 0 aliphatic heterocycles. The smallest absolute Gasteiger partial charge is 0.124 e. The lowest BCUT2D eigenvalue weighted by molar-refractivity contribution is 0.422. The molecule has 0 spiro atoms. The molecule has 0 bridgehead atoms. The number of aromatic nitrogens is 1. The molecule has 0 amide bonds. The fourth-order valence-electron chi connectivity index (χ4n) is 1.45. The highest BCUT2D eigenvalue weighted by molar-refractivity contribution is 7.22. The highest BCUT2D eigenvalue weighted by Crippen LogP contribution is 2.32. The van der Waals surface area contributed by atoms with Crippen LogP contribution >= 0.6 is 11.3 Å². The minimum absolute atomic E-state index is 0.909. The molecule has 1 aromatic carbocycles. The molecular formula is C11H7NOS. The topological polar surface area (TPSA) is 26.0 Å². The van der Waals surface area contributed by atoms with Gasteiger partial charge in [0.15, 0.2) is 0 Å². The number of fused-ring (bicyclic) bond motifs is 1. The monoisotopic (exact) mass is 201 g/mol. The maximum absolute atomic E-state index is 4.82. The van der Waals surface area contributed by atoms with E-state index in [4.69, 9.17) is 4.52 Å². The normalized spacial score (nSPS) is 10.9. The third kappa shape index (κ3) is 1.14. The molecule has 2 heterocycles. The molecule has 0 aliphatic carbocycles. The van der Waals surface area contributed by atoms with Crippen LogP contribution in [0.2, 0.25) is 0 Å². The van der Waals surface area contributed by atoms with E-state index in [1.54, 1.807) is 17.6 Å². The highest BCUT2D eigenvalue weighted by atomic mass is 32.1. The summed E-state index contributed by atoms with van der Waals surface area (Å²) in [6, 6.07) is 12.3. The molecule has 0 aliphatic rings. The quantitative estimate of drug-likeness (QED) is 0.601. The molecule has 3 heteroatoms. The van der Waals surface area contributed by atoms with Gasteiger partial charge in [0.2, 0.25) is 0 Å². The van der Waals surface area contributed by atoms with Gasteiger partial charge in [-0.2, -0.15) is 0 Å². The number of rotatable bonds is 1. The SMILES string of the molecule is c1ccc2sc(-c3ccon3)cc2c1. The van der Waals surface area contributed by atoms with Gasteiger partial charge in [-0.05, 0) is 17.5 Å². The van der Waals surface area contributed by atoms with Crippen LogP contribution in [0.1, 0.15) is 0 Å². The van der Waals surface area contributed by atoms with Gasteiger partial charge < -0.3 is 4.52 Å². The summed E-state index contributed by atoms with van der Waals surface area (Å²) in [5.74, 6) is 0. The molecule has 2 aromatic heterocycles. The van der Waals surface area contributed by atoms with Crippen molar-refractivity contribution in [2.75, 3.05) is 0 Å². The van der Waals surface area contributed by atoms with Gasteiger partial charge in [0, 0.05) is 10.8 Å². The molecule has 3 aromatic rings. The largest absolute Gasteiger partial charge is 0.364 e. The first-order valence-corrected chi connectivity index (χ1v) is 5.14. The summed E-state index contributed by atoms with van der Waals surface area (Å²) in [6.45, 7) is 0. The Morgan fingerprint density at radius 3 is 2.86 bits per heavy atom. The zero-order valence-electron chi connectivity index (χ0n) is 7.31. The Bertz CT molecular complexity index is 520. The van der Waals surface area contributed by atoms with Crippen molar-refractivity contribution in [1.29, 1.82) is 0 Å². The predicted molar refractivity (Wildman–Crippen MR) is 57.3 cm³/mol. The lowest BCUT2D eigenvalue weighted by atomic mass is 10.2. The van der Waals surface area contributed by atoms with Crippen LogP contribution in [0.25, 0.3) is 20.7 Å². The van der Waals surface area contributed by atoms with Crippen LogP contribution in [0.15, 0.2) is 47.2 Å². The van der Waals surface area contributed by atoms with Crippen molar-refractivity contribution < 1.29 is 4.52 Å². The Labute approximate surface area is 84.8 Å². The number of benzene rings is 1. The van der Waals surface area contributed by atoms with Crippen LogP contribution in [0.3, 0.4) is 0 Å². The van der Waals surface area contributed by atoms with Crippen LogP contribution in [0.4, 0.5) is 0 Å². The minimum Gasteiger partial charge on any atom is -0.364 e. The van der Waals surface area contributed by atoms with Crippen molar-refractivity contribution >= 4 is 21.4 Å². The summed E-state index contributed by atoms with van der Waals surface area (Å²) in [7, 11) is 0. The van der Waals surface area contributed by atoms with Gasteiger partial charge in [-0.3, -0.25) is 0 Å². The standard InChI is InChI=1S/C11H7NOS/c1-2-4-10-8(3-1)7-11(14-10)9-5-6-13-12-9/h1-7H. The van der Waals surface area contributed by atoms with Crippen molar-refractivity contribution in [2.24, 2.45) is 0 Å². The van der Waals surface area contributed by atoms with Crippen molar-refractivity contribution in [3.8, 4) is 10.6 Å². The van der Waals surface area contributed by atoms with Crippen molar-refractivity contribution in [3.05, 3.63) is 42.7 Å². The van der Waals surface area contributed by atoms with Crippen LogP contribution in [0, 0.1) is 0 Å². The minimum atomic E-state index is 0.909. The molecule has 68 valence electrons. The summed E-state index contributed by atoms with van der Waals surface area (Å²) in [6.07, 6.45) is 1.60. The molecule has 0 unspecified atom stereocenters. The average molecular weight is 201 g/mol. The summed E-state index contributed by atoms with van der Waals surface area (Å²) < 4.78 is 6.10. The first-order valence-electron chi connectivity index (χ1n) is 4.33. The fraction of sp³-hybridized carbons (Fsp3) is 0. The Morgan fingerprint density at radius 2 is 2.07 bits per heavy atom. The number of hydrogen-bond acceptors (Lipinski definition) is 3. The third-order valence-corrected chi connectivity index (χ3v) is 3.25. The van der Waals surface area contributed by atoms with Gasteiger partial charge in [-0.1, -0.05) is 23.4 Å². The van der Waals surface area contributed by atoms with Gasteiger partial charge in [-0.15, -0.1) is 11.3 Å². The zero-order valence-corrected chi connectivity index (χ0v) is 8.12. The molecular weight excluding hydrogens is 194 g/mol. The van der Waals surface area contributed by atoms with E-state index in [0.29, 0.717) is 0 Å². The van der Waals surface area contributed by atoms with Gasteiger partial charge in [0.05, 0.1) is 4.88 Å². The van der Waals surface area contributed by atoms with E-state index in [0.717, 1.165) is 10.6 Å². The highest BCUT2D eigenvalue weighted by Gasteiger charge is 2.05. The molecule has 14 heavy (non-hydrogen) atoms.